The maximum Gasteiger partial charge on any atom is 0.157 e. The van der Waals surface area contributed by atoms with E-state index in [1.165, 1.54) is 0 Å². The Kier molecular flexibility index (Phi) is 3.78. The molecule has 4 rings (SSSR count). The summed E-state index contributed by atoms with van der Waals surface area (Å²) >= 11 is 3.41. The van der Waals surface area contributed by atoms with Crippen molar-refractivity contribution in [1.82, 2.24) is 24.9 Å². The number of benzene rings is 1. The number of nitrogens with zero attached hydrogens (tertiary/aromatic N) is 3. The van der Waals surface area contributed by atoms with Crippen LogP contribution in [0.2, 0.25) is 0 Å². The lowest BCUT2D eigenvalue weighted by Crippen LogP contribution is -2.01. The Morgan fingerprint density at radius 3 is 2.75 bits per heavy atom. The quantitative estimate of drug-likeness (QED) is 0.497. The van der Waals surface area contributed by atoms with Crippen LogP contribution in [0.15, 0.2) is 47.3 Å². The fraction of sp³-hybridized carbons (Fsp3) is 0.118. The Morgan fingerprint density at radius 1 is 1.17 bits per heavy atom. The number of aryl methyl sites for hydroxylation is 1. The van der Waals surface area contributed by atoms with Crippen LogP contribution in [0.3, 0.4) is 0 Å². The third-order valence-corrected chi connectivity index (χ3v) is 4.30. The molecule has 7 heteroatoms. The number of aromatic amines is 2. The van der Waals surface area contributed by atoms with Crippen LogP contribution in [-0.4, -0.2) is 24.9 Å². The summed E-state index contributed by atoms with van der Waals surface area (Å²) in [5, 5.41) is 3.38. The molecule has 0 saturated heterocycles. The second-order valence-corrected chi connectivity index (χ2v) is 6.42. The van der Waals surface area contributed by atoms with Crippen molar-refractivity contribution in [3.63, 3.8) is 0 Å². The summed E-state index contributed by atoms with van der Waals surface area (Å²) in [5.41, 5.74) is 5.80. The minimum atomic E-state index is 0.716. The maximum atomic E-state index is 4.59. The van der Waals surface area contributed by atoms with Gasteiger partial charge in [0.05, 0.1) is 24.3 Å². The number of imidazole rings is 2. The predicted molar refractivity (Wildman–Crippen MR) is 97.7 cm³/mol. The van der Waals surface area contributed by atoms with E-state index >= 15 is 0 Å². The van der Waals surface area contributed by atoms with Crippen molar-refractivity contribution in [2.45, 2.75) is 13.5 Å². The van der Waals surface area contributed by atoms with Crippen molar-refractivity contribution in [2.75, 3.05) is 5.32 Å². The zero-order chi connectivity index (χ0) is 16.5. The van der Waals surface area contributed by atoms with Gasteiger partial charge in [-0.3, -0.25) is 0 Å². The zero-order valence-electron chi connectivity index (χ0n) is 13.0. The van der Waals surface area contributed by atoms with Crippen molar-refractivity contribution < 1.29 is 0 Å². The minimum absolute atomic E-state index is 0.716. The molecule has 3 heterocycles. The number of halogens is 1. The van der Waals surface area contributed by atoms with Gasteiger partial charge in [-0.2, -0.15) is 0 Å². The Balaban J connectivity index is 1.53. The molecular formula is C17H15BrN6. The van der Waals surface area contributed by atoms with Crippen LogP contribution >= 0.6 is 15.9 Å². The van der Waals surface area contributed by atoms with Gasteiger partial charge < -0.3 is 15.3 Å². The monoisotopic (exact) mass is 382 g/mol. The van der Waals surface area contributed by atoms with E-state index in [-0.39, 0.29) is 0 Å². The standard InChI is InChI=1S/C17H15BrN6/c1-10-15(22-9-21-10)8-19-13-4-2-11(3-5-13)16-23-14-6-12(18)7-20-17(14)24-16/h2-7,9,19H,8H2,1H3,(H,21,22)(H,20,23,24). The lowest BCUT2D eigenvalue weighted by molar-refractivity contribution is 1.05. The number of hydrogen-bond donors (Lipinski definition) is 3. The molecule has 24 heavy (non-hydrogen) atoms. The van der Waals surface area contributed by atoms with Crippen LogP contribution in [0.1, 0.15) is 11.4 Å². The van der Waals surface area contributed by atoms with Gasteiger partial charge in [0.15, 0.2) is 5.65 Å². The van der Waals surface area contributed by atoms with E-state index in [1.54, 1.807) is 12.5 Å². The summed E-state index contributed by atoms with van der Waals surface area (Å²) in [6.45, 7) is 2.71. The number of nitrogens with one attached hydrogen (secondary N) is 3. The van der Waals surface area contributed by atoms with Gasteiger partial charge in [-0.05, 0) is 53.2 Å². The highest BCUT2D eigenvalue weighted by Crippen LogP contribution is 2.23. The molecule has 0 radical (unpaired) electrons. The SMILES string of the molecule is Cc1nc[nH]c1CNc1ccc(-c2nc3cc(Br)cnc3[nH]2)cc1. The van der Waals surface area contributed by atoms with E-state index in [4.69, 9.17) is 0 Å². The lowest BCUT2D eigenvalue weighted by atomic mass is 10.2. The smallest absolute Gasteiger partial charge is 0.157 e. The second-order valence-electron chi connectivity index (χ2n) is 5.50. The van der Waals surface area contributed by atoms with Crippen LogP contribution in [-0.2, 0) is 6.54 Å². The normalized spacial score (nSPS) is 11.1. The fourth-order valence-electron chi connectivity index (χ4n) is 2.51. The molecule has 0 saturated carbocycles. The van der Waals surface area contributed by atoms with Gasteiger partial charge in [-0.25, -0.2) is 15.0 Å². The number of fused-ring (bicyclic) bond motifs is 1. The average molecular weight is 383 g/mol. The number of H-pyrrole nitrogens is 2. The number of hydrogen-bond acceptors (Lipinski definition) is 4. The molecule has 3 aromatic heterocycles. The van der Waals surface area contributed by atoms with Gasteiger partial charge in [-0.15, -0.1) is 0 Å². The molecule has 3 N–H and O–H groups in total. The first kappa shape index (κ1) is 14.9. The van der Waals surface area contributed by atoms with Crippen LogP contribution in [0, 0.1) is 6.92 Å². The largest absolute Gasteiger partial charge is 0.379 e. The zero-order valence-corrected chi connectivity index (χ0v) is 14.6. The average Bonchev–Trinajstić information content (AvgIpc) is 3.19. The molecular weight excluding hydrogens is 368 g/mol. The predicted octanol–water partition coefficient (Wildman–Crippen LogP) is 4.03. The third kappa shape index (κ3) is 2.90. The highest BCUT2D eigenvalue weighted by molar-refractivity contribution is 9.10. The maximum absolute atomic E-state index is 4.59. The minimum Gasteiger partial charge on any atom is -0.379 e. The molecule has 0 aliphatic carbocycles. The molecule has 0 spiro atoms. The third-order valence-electron chi connectivity index (χ3n) is 3.86. The Labute approximate surface area is 146 Å². The summed E-state index contributed by atoms with van der Waals surface area (Å²) in [6.07, 6.45) is 3.47. The van der Waals surface area contributed by atoms with E-state index in [1.807, 2.05) is 37.3 Å². The molecule has 4 aromatic rings. The van der Waals surface area contributed by atoms with Crippen LogP contribution < -0.4 is 5.32 Å². The summed E-state index contributed by atoms with van der Waals surface area (Å²) in [5.74, 6) is 0.812. The first-order chi connectivity index (χ1) is 11.7. The van der Waals surface area contributed by atoms with Crippen molar-refractivity contribution in [1.29, 1.82) is 0 Å². The molecule has 0 aliphatic rings. The van der Waals surface area contributed by atoms with Gasteiger partial charge in [0, 0.05) is 21.9 Å². The van der Waals surface area contributed by atoms with Gasteiger partial charge in [0.2, 0.25) is 0 Å². The van der Waals surface area contributed by atoms with Crippen molar-refractivity contribution >= 4 is 32.8 Å². The summed E-state index contributed by atoms with van der Waals surface area (Å²) in [4.78, 5) is 19.5. The summed E-state index contributed by atoms with van der Waals surface area (Å²) in [7, 11) is 0. The van der Waals surface area contributed by atoms with E-state index in [0.29, 0.717) is 6.54 Å². The van der Waals surface area contributed by atoms with Crippen LogP contribution in [0.5, 0.6) is 0 Å². The topological polar surface area (TPSA) is 82.3 Å². The van der Waals surface area contributed by atoms with E-state index < -0.39 is 0 Å². The molecule has 0 amide bonds. The second kappa shape index (κ2) is 6.09. The lowest BCUT2D eigenvalue weighted by Gasteiger charge is -2.06. The Hall–Kier alpha value is -2.67. The van der Waals surface area contributed by atoms with Gasteiger partial charge in [0.1, 0.15) is 11.3 Å². The highest BCUT2D eigenvalue weighted by atomic mass is 79.9. The van der Waals surface area contributed by atoms with E-state index in [9.17, 15) is 0 Å². The summed E-state index contributed by atoms with van der Waals surface area (Å²) in [6, 6.07) is 10.1. The molecule has 0 atom stereocenters. The Bertz CT molecular complexity index is 986. The van der Waals surface area contributed by atoms with Crippen LogP contribution in [0.25, 0.3) is 22.6 Å². The molecule has 0 aliphatic heterocycles. The number of rotatable bonds is 4. The highest BCUT2D eigenvalue weighted by Gasteiger charge is 2.07. The first-order valence-electron chi connectivity index (χ1n) is 7.53. The van der Waals surface area contributed by atoms with Crippen LogP contribution in [0.4, 0.5) is 5.69 Å². The molecule has 6 nitrogen and oxygen atoms in total. The molecule has 0 fully saturated rings. The molecule has 0 bridgehead atoms. The van der Waals surface area contributed by atoms with Crippen molar-refractivity contribution in [2.24, 2.45) is 0 Å². The van der Waals surface area contributed by atoms with Crippen molar-refractivity contribution in [3.8, 4) is 11.4 Å². The molecule has 0 unspecified atom stereocenters. The number of aromatic nitrogens is 5. The van der Waals surface area contributed by atoms with E-state index in [2.05, 4.69) is 46.2 Å². The van der Waals surface area contributed by atoms with E-state index in [0.717, 1.165) is 44.1 Å². The van der Waals surface area contributed by atoms with Crippen molar-refractivity contribution in [3.05, 3.63) is 58.7 Å². The van der Waals surface area contributed by atoms with Gasteiger partial charge >= 0.3 is 0 Å². The molecule has 120 valence electrons. The first-order valence-corrected chi connectivity index (χ1v) is 8.33. The number of anilines is 1. The Morgan fingerprint density at radius 2 is 2.00 bits per heavy atom. The van der Waals surface area contributed by atoms with Gasteiger partial charge in [0.25, 0.3) is 0 Å². The van der Waals surface area contributed by atoms with Gasteiger partial charge in [-0.1, -0.05) is 0 Å². The number of pyridine rings is 1. The molecule has 1 aromatic carbocycles. The summed E-state index contributed by atoms with van der Waals surface area (Å²) < 4.78 is 0.918. The fourth-order valence-corrected chi connectivity index (χ4v) is 2.83.